The van der Waals surface area contributed by atoms with Gasteiger partial charge in [-0.3, -0.25) is 9.59 Å². The molecule has 0 fully saturated rings. The number of carbonyl (C=O) groups is 2. The lowest BCUT2D eigenvalue weighted by Gasteiger charge is -2.30. The maximum absolute atomic E-state index is 13.9. The standard InChI is InChI=1S/C34H36N2O4/c1-33(2,3)19-7-11-21(12-8-19)35-23-15-16-24(36-22-13-9-20(10-14-22)34(4,5)6)28-27(23)31(39)29-25(37)17-18-26(38)30(29)32(28)40/h7-9,11-18,20,35-38H,10H2,1-6H3. The van der Waals surface area contributed by atoms with Gasteiger partial charge < -0.3 is 20.8 Å². The van der Waals surface area contributed by atoms with Gasteiger partial charge in [0.25, 0.3) is 0 Å². The highest BCUT2D eigenvalue weighted by Crippen LogP contribution is 2.43. The summed E-state index contributed by atoms with van der Waals surface area (Å²) in [6, 6.07) is 13.9. The summed E-state index contributed by atoms with van der Waals surface area (Å²) in [4.78, 5) is 27.8. The molecule has 206 valence electrons. The van der Waals surface area contributed by atoms with Crippen molar-refractivity contribution in [3.63, 3.8) is 0 Å². The predicted molar refractivity (Wildman–Crippen MR) is 160 cm³/mol. The summed E-state index contributed by atoms with van der Waals surface area (Å²) in [5, 5.41) is 27.8. The zero-order valence-electron chi connectivity index (χ0n) is 23.8. The summed E-state index contributed by atoms with van der Waals surface area (Å²) in [5.74, 6) is -1.36. The minimum Gasteiger partial charge on any atom is -0.507 e. The number of benzene rings is 3. The Bertz CT molecular complexity index is 1580. The zero-order chi connectivity index (χ0) is 29.0. The van der Waals surface area contributed by atoms with E-state index >= 15 is 0 Å². The minimum atomic E-state index is -0.531. The lowest BCUT2D eigenvalue weighted by molar-refractivity contribution is 0.0975. The summed E-state index contributed by atoms with van der Waals surface area (Å²) in [7, 11) is 0. The molecule has 3 aromatic carbocycles. The number of nitrogens with one attached hydrogen (secondary N) is 2. The van der Waals surface area contributed by atoms with E-state index in [9.17, 15) is 19.8 Å². The minimum absolute atomic E-state index is 0.00815. The molecule has 0 aliphatic heterocycles. The van der Waals surface area contributed by atoms with Crippen LogP contribution in [0.3, 0.4) is 0 Å². The molecule has 4 N–H and O–H groups in total. The first-order valence-electron chi connectivity index (χ1n) is 13.6. The van der Waals surface area contributed by atoms with Crippen LogP contribution in [0.4, 0.5) is 17.1 Å². The SMILES string of the molecule is CC(C)(C)c1ccc(Nc2ccc(NC3=CCC(C(C)(C)C)C=C3)c3c2C(=O)c2c(O)ccc(O)c2C3=O)cc1. The first-order valence-corrected chi connectivity index (χ1v) is 13.6. The van der Waals surface area contributed by atoms with Crippen molar-refractivity contribution in [2.24, 2.45) is 11.3 Å². The molecule has 0 aromatic heterocycles. The quantitative estimate of drug-likeness (QED) is 0.198. The predicted octanol–water partition coefficient (Wildman–Crippen LogP) is 7.83. The molecule has 0 heterocycles. The molecule has 6 heteroatoms. The maximum atomic E-state index is 13.9. The second-order valence-corrected chi connectivity index (χ2v) is 12.7. The van der Waals surface area contributed by atoms with Gasteiger partial charge in [0.1, 0.15) is 11.5 Å². The van der Waals surface area contributed by atoms with Crippen molar-refractivity contribution in [1.29, 1.82) is 0 Å². The molecule has 2 aliphatic carbocycles. The van der Waals surface area contributed by atoms with Crippen LogP contribution >= 0.6 is 0 Å². The molecule has 0 bridgehead atoms. The van der Waals surface area contributed by atoms with Crippen molar-refractivity contribution < 1.29 is 19.8 Å². The summed E-state index contributed by atoms with van der Waals surface area (Å²) >= 11 is 0. The molecule has 0 saturated carbocycles. The summed E-state index contributed by atoms with van der Waals surface area (Å²) in [6.07, 6.45) is 7.11. The van der Waals surface area contributed by atoms with Crippen LogP contribution in [0.2, 0.25) is 0 Å². The smallest absolute Gasteiger partial charge is 0.200 e. The van der Waals surface area contributed by atoms with Crippen LogP contribution in [0.15, 0.2) is 72.5 Å². The fraction of sp³-hybridized carbons (Fsp3) is 0.294. The fourth-order valence-electron chi connectivity index (χ4n) is 5.29. The van der Waals surface area contributed by atoms with Crippen molar-refractivity contribution in [2.75, 3.05) is 10.6 Å². The second kappa shape index (κ2) is 9.70. The van der Waals surface area contributed by atoms with Gasteiger partial charge in [-0.05, 0) is 71.2 Å². The van der Waals surface area contributed by atoms with Crippen molar-refractivity contribution in [3.8, 4) is 11.5 Å². The van der Waals surface area contributed by atoms with Crippen molar-refractivity contribution >= 4 is 28.6 Å². The van der Waals surface area contributed by atoms with E-state index in [1.807, 2.05) is 30.3 Å². The lowest BCUT2D eigenvalue weighted by Crippen LogP contribution is -2.24. The van der Waals surface area contributed by atoms with Gasteiger partial charge >= 0.3 is 0 Å². The van der Waals surface area contributed by atoms with Gasteiger partial charge in [-0.2, -0.15) is 0 Å². The highest BCUT2D eigenvalue weighted by molar-refractivity contribution is 6.33. The van der Waals surface area contributed by atoms with E-state index in [1.165, 1.54) is 17.7 Å². The third kappa shape index (κ3) is 4.90. The van der Waals surface area contributed by atoms with Crippen LogP contribution < -0.4 is 10.6 Å². The van der Waals surface area contributed by atoms with Gasteiger partial charge in [0.2, 0.25) is 11.6 Å². The first kappa shape index (κ1) is 27.3. The number of carbonyl (C=O) groups excluding carboxylic acids is 2. The first-order chi connectivity index (χ1) is 18.8. The Hall–Kier alpha value is -4.32. The van der Waals surface area contributed by atoms with Gasteiger partial charge in [0.05, 0.1) is 33.6 Å². The number of anilines is 3. The molecule has 0 spiro atoms. The number of hydrogen-bond donors (Lipinski definition) is 4. The van der Waals surface area contributed by atoms with Gasteiger partial charge in [-0.15, -0.1) is 0 Å². The molecule has 1 atom stereocenters. The van der Waals surface area contributed by atoms with Gasteiger partial charge in [0.15, 0.2) is 0 Å². The zero-order valence-corrected chi connectivity index (χ0v) is 23.8. The Kier molecular flexibility index (Phi) is 6.61. The number of aromatic hydroxyl groups is 2. The van der Waals surface area contributed by atoms with Crippen LogP contribution in [-0.2, 0) is 5.41 Å². The monoisotopic (exact) mass is 536 g/mol. The Morgan fingerprint density at radius 3 is 1.68 bits per heavy atom. The number of phenolic OH excluding ortho intramolecular Hbond substituents is 2. The van der Waals surface area contributed by atoms with E-state index in [0.717, 1.165) is 17.8 Å². The molecule has 6 nitrogen and oxygen atoms in total. The molecular formula is C34H36N2O4. The van der Waals surface area contributed by atoms with Gasteiger partial charge in [-0.1, -0.05) is 65.8 Å². The Morgan fingerprint density at radius 1 is 0.700 bits per heavy atom. The normalized spacial score (nSPS) is 16.8. The van der Waals surface area contributed by atoms with E-state index in [0.29, 0.717) is 17.3 Å². The number of ketones is 2. The third-order valence-electron chi connectivity index (χ3n) is 7.80. The number of phenols is 2. The van der Waals surface area contributed by atoms with E-state index in [4.69, 9.17) is 0 Å². The summed E-state index contributed by atoms with van der Waals surface area (Å²) in [5.41, 5.74) is 3.70. The van der Waals surface area contributed by atoms with Crippen LogP contribution in [0, 0.1) is 11.3 Å². The van der Waals surface area contributed by atoms with Crippen molar-refractivity contribution in [1.82, 2.24) is 0 Å². The average molecular weight is 537 g/mol. The Balaban J connectivity index is 1.59. The average Bonchev–Trinajstić information content (AvgIpc) is 2.89. The Morgan fingerprint density at radius 2 is 1.23 bits per heavy atom. The third-order valence-corrected chi connectivity index (χ3v) is 7.80. The largest absolute Gasteiger partial charge is 0.507 e. The van der Waals surface area contributed by atoms with E-state index in [1.54, 1.807) is 12.1 Å². The van der Waals surface area contributed by atoms with Gasteiger partial charge in [0, 0.05) is 11.4 Å². The summed E-state index contributed by atoms with van der Waals surface area (Å²) < 4.78 is 0. The number of hydrogen-bond acceptors (Lipinski definition) is 6. The van der Waals surface area contributed by atoms with Crippen LogP contribution in [0.5, 0.6) is 11.5 Å². The van der Waals surface area contributed by atoms with Gasteiger partial charge in [-0.25, -0.2) is 0 Å². The molecule has 0 saturated heterocycles. The van der Waals surface area contributed by atoms with E-state index < -0.39 is 11.6 Å². The number of fused-ring (bicyclic) bond motifs is 2. The van der Waals surface area contributed by atoms with Crippen molar-refractivity contribution in [2.45, 2.75) is 53.4 Å². The molecule has 0 amide bonds. The topological polar surface area (TPSA) is 98.7 Å². The molecule has 40 heavy (non-hydrogen) atoms. The van der Waals surface area contributed by atoms with E-state index in [-0.39, 0.29) is 44.6 Å². The number of allylic oxidation sites excluding steroid dienone is 3. The van der Waals surface area contributed by atoms with Crippen LogP contribution in [0.25, 0.3) is 0 Å². The molecule has 3 aromatic rings. The molecule has 0 radical (unpaired) electrons. The fourth-order valence-corrected chi connectivity index (χ4v) is 5.29. The highest BCUT2D eigenvalue weighted by atomic mass is 16.3. The second-order valence-electron chi connectivity index (χ2n) is 12.7. The van der Waals surface area contributed by atoms with E-state index in [2.05, 4.69) is 64.3 Å². The maximum Gasteiger partial charge on any atom is 0.200 e. The number of rotatable bonds is 4. The highest BCUT2D eigenvalue weighted by Gasteiger charge is 2.38. The van der Waals surface area contributed by atoms with Crippen LogP contribution in [-0.4, -0.2) is 21.8 Å². The molecule has 5 rings (SSSR count). The Labute approximate surface area is 235 Å². The lowest BCUT2D eigenvalue weighted by atomic mass is 9.77. The van der Waals surface area contributed by atoms with Crippen molar-refractivity contribution in [3.05, 3.63) is 100 Å². The van der Waals surface area contributed by atoms with Crippen LogP contribution in [0.1, 0.15) is 85.4 Å². The molecule has 2 aliphatic rings. The summed E-state index contributed by atoms with van der Waals surface area (Å²) in [6.45, 7) is 13.0. The molecular weight excluding hydrogens is 500 g/mol. The molecule has 1 unspecified atom stereocenters.